The maximum absolute atomic E-state index is 13.1. The number of ether oxygens (including phenoxy) is 1. The van der Waals surface area contributed by atoms with Crippen molar-refractivity contribution in [1.29, 1.82) is 0 Å². The van der Waals surface area contributed by atoms with E-state index in [-0.39, 0.29) is 35.7 Å². The fourth-order valence-corrected chi connectivity index (χ4v) is 6.20. The van der Waals surface area contributed by atoms with Gasteiger partial charge in [-0.3, -0.25) is 9.78 Å². The van der Waals surface area contributed by atoms with Gasteiger partial charge in [0.05, 0.1) is 17.9 Å². The van der Waals surface area contributed by atoms with Gasteiger partial charge >= 0.3 is 5.57 Å². The highest BCUT2D eigenvalue weighted by molar-refractivity contribution is 9.10. The van der Waals surface area contributed by atoms with E-state index in [0.717, 1.165) is 34.4 Å². The van der Waals surface area contributed by atoms with E-state index in [4.69, 9.17) is 11.6 Å². The van der Waals surface area contributed by atoms with Gasteiger partial charge in [0.25, 0.3) is 5.91 Å². The summed E-state index contributed by atoms with van der Waals surface area (Å²) >= 11 is 8.54. The lowest BCUT2D eigenvalue weighted by atomic mass is 9.95. The van der Waals surface area contributed by atoms with E-state index in [1.165, 1.54) is 24.3 Å². The van der Waals surface area contributed by atoms with Crippen molar-refractivity contribution in [3.05, 3.63) is 70.6 Å². The highest BCUT2D eigenvalue weighted by Crippen LogP contribution is 2.53. The van der Waals surface area contributed by atoms with Crippen LogP contribution in [0.25, 0.3) is 0 Å². The van der Waals surface area contributed by atoms with Gasteiger partial charge in [-0.1, -0.05) is 0 Å². The molecule has 2 N–H and O–H groups in total. The van der Waals surface area contributed by atoms with Gasteiger partial charge in [0.1, 0.15) is 11.6 Å². The first kappa shape index (κ1) is 25.7. The minimum absolute atomic E-state index is 0.107. The highest BCUT2D eigenvalue weighted by atomic mass is 79.9. The lowest BCUT2D eigenvalue weighted by Crippen LogP contribution is -2.46. The molecule has 3 atom stereocenters. The third-order valence-corrected chi connectivity index (χ3v) is 7.43. The standard InChI is InChI=1S/C26H25BrClF2N5O2/c1-14(2)35-23-19(18-7-8-21(24(18)35)34-22-13-31-9-10-32-22)11-15(12-20(23)27)25(36)33-16-3-5-17(6-4-16)37-26(28,29)30/h3-6,9-14,18,21,24H,7-8H2,1-2H3,(H,32,34)(H,33,36). The fourth-order valence-electron chi connectivity index (χ4n) is 5.43. The Morgan fingerprint density at radius 3 is 2.62 bits per heavy atom. The molecule has 1 aliphatic carbocycles. The summed E-state index contributed by atoms with van der Waals surface area (Å²) in [5.74, 6) is 0.595. The Hall–Kier alpha value is -2.98. The summed E-state index contributed by atoms with van der Waals surface area (Å²) in [6, 6.07) is 10.0. The maximum atomic E-state index is 13.1. The van der Waals surface area contributed by atoms with Crippen LogP contribution < -0.4 is 20.3 Å². The first-order valence-corrected chi connectivity index (χ1v) is 13.1. The Kier molecular flexibility index (Phi) is 6.97. The number of anilines is 3. The van der Waals surface area contributed by atoms with E-state index >= 15 is 0 Å². The number of carbonyl (C=O) groups excluding carboxylic acids is 1. The first-order valence-electron chi connectivity index (χ1n) is 11.9. The van der Waals surface area contributed by atoms with Crippen LogP contribution in [-0.2, 0) is 0 Å². The number of amides is 1. The number of nitrogens with one attached hydrogen (secondary N) is 2. The molecular formula is C26H25BrClF2N5O2. The van der Waals surface area contributed by atoms with E-state index in [9.17, 15) is 13.6 Å². The zero-order valence-corrected chi connectivity index (χ0v) is 22.4. The molecule has 2 heterocycles. The molecule has 2 aliphatic rings. The molecule has 11 heteroatoms. The summed E-state index contributed by atoms with van der Waals surface area (Å²) in [5.41, 5.74) is -0.604. The molecule has 3 unspecified atom stereocenters. The molecule has 1 aromatic heterocycles. The summed E-state index contributed by atoms with van der Waals surface area (Å²) < 4.78 is 30.9. The number of rotatable bonds is 7. The Labute approximate surface area is 226 Å². The molecule has 0 bridgehead atoms. The molecule has 1 fully saturated rings. The Morgan fingerprint density at radius 2 is 1.97 bits per heavy atom. The monoisotopic (exact) mass is 591 g/mol. The molecule has 3 aromatic rings. The lowest BCUT2D eigenvalue weighted by Gasteiger charge is -2.36. The van der Waals surface area contributed by atoms with Gasteiger partial charge in [-0.15, -0.1) is 8.78 Å². The minimum atomic E-state index is -3.80. The van der Waals surface area contributed by atoms with Crippen molar-refractivity contribution >= 4 is 50.6 Å². The summed E-state index contributed by atoms with van der Waals surface area (Å²) in [5, 5.41) is 6.39. The quantitative estimate of drug-likeness (QED) is 0.301. The SMILES string of the molecule is CC(C)N1c2c(Br)cc(C(=O)Nc3ccc(OC(F)(F)Cl)cc3)cc2C2CCC(Nc3cnccn3)C21. The van der Waals surface area contributed by atoms with Crippen LogP contribution in [0.3, 0.4) is 0 Å². The van der Waals surface area contributed by atoms with Crippen LogP contribution in [0.2, 0.25) is 0 Å². The zero-order chi connectivity index (χ0) is 26.3. The average Bonchev–Trinajstić information content (AvgIpc) is 3.39. The largest absolute Gasteiger partial charge is 0.487 e. The van der Waals surface area contributed by atoms with Gasteiger partial charge in [0, 0.05) is 57.7 Å². The molecular weight excluding hydrogens is 568 g/mol. The molecule has 1 saturated carbocycles. The molecule has 1 aliphatic heterocycles. The predicted molar refractivity (Wildman–Crippen MR) is 143 cm³/mol. The molecule has 5 rings (SSSR count). The average molecular weight is 593 g/mol. The summed E-state index contributed by atoms with van der Waals surface area (Å²) in [7, 11) is 0. The zero-order valence-electron chi connectivity index (χ0n) is 20.1. The molecule has 0 radical (unpaired) electrons. The van der Waals surface area contributed by atoms with Crippen molar-refractivity contribution in [1.82, 2.24) is 9.97 Å². The van der Waals surface area contributed by atoms with Crippen LogP contribution in [0.4, 0.5) is 26.0 Å². The maximum Gasteiger partial charge on any atom is 0.487 e. The Bertz CT molecular complexity index is 1290. The van der Waals surface area contributed by atoms with Crippen LogP contribution in [0.1, 0.15) is 48.5 Å². The van der Waals surface area contributed by atoms with Crippen molar-refractivity contribution in [2.75, 3.05) is 15.5 Å². The van der Waals surface area contributed by atoms with Gasteiger partial charge < -0.3 is 20.3 Å². The number of alkyl halides is 3. The number of carbonyl (C=O) groups is 1. The number of hydrogen-bond acceptors (Lipinski definition) is 6. The number of nitrogens with zero attached hydrogens (tertiary/aromatic N) is 3. The molecule has 0 saturated heterocycles. The summed E-state index contributed by atoms with van der Waals surface area (Å²) in [4.78, 5) is 24.1. The number of hydrogen-bond donors (Lipinski definition) is 2. The molecule has 0 spiro atoms. The van der Waals surface area contributed by atoms with Gasteiger partial charge in [0.2, 0.25) is 0 Å². The number of aromatic nitrogens is 2. The van der Waals surface area contributed by atoms with Crippen molar-refractivity contribution in [3.8, 4) is 5.75 Å². The van der Waals surface area contributed by atoms with Crippen LogP contribution in [-0.4, -0.2) is 39.6 Å². The van der Waals surface area contributed by atoms with E-state index in [1.807, 2.05) is 12.1 Å². The van der Waals surface area contributed by atoms with E-state index < -0.39 is 5.57 Å². The topological polar surface area (TPSA) is 79.4 Å². The molecule has 194 valence electrons. The summed E-state index contributed by atoms with van der Waals surface area (Å²) in [6.07, 6.45) is 7.00. The Balaban J connectivity index is 1.38. The molecule has 1 amide bonds. The van der Waals surface area contributed by atoms with Crippen LogP contribution in [0.5, 0.6) is 5.75 Å². The summed E-state index contributed by atoms with van der Waals surface area (Å²) in [6.45, 7) is 4.34. The van der Waals surface area contributed by atoms with E-state index in [1.54, 1.807) is 18.6 Å². The third kappa shape index (κ3) is 5.36. The second-order valence-corrected chi connectivity index (χ2v) is 10.7. The number of benzene rings is 2. The van der Waals surface area contributed by atoms with Crippen molar-refractivity contribution < 1.29 is 18.3 Å². The van der Waals surface area contributed by atoms with Crippen LogP contribution in [0, 0.1) is 0 Å². The van der Waals surface area contributed by atoms with Gasteiger partial charge in [-0.2, -0.15) is 0 Å². The fraction of sp³-hybridized carbons (Fsp3) is 0.346. The Morgan fingerprint density at radius 1 is 1.22 bits per heavy atom. The molecule has 2 aromatic carbocycles. The van der Waals surface area contributed by atoms with Crippen LogP contribution >= 0.6 is 27.5 Å². The second kappa shape index (κ2) is 10.1. The predicted octanol–water partition coefficient (Wildman–Crippen LogP) is 6.61. The van der Waals surface area contributed by atoms with Crippen molar-refractivity contribution in [2.45, 2.75) is 56.3 Å². The highest BCUT2D eigenvalue weighted by Gasteiger charge is 2.49. The molecule has 7 nitrogen and oxygen atoms in total. The van der Waals surface area contributed by atoms with Crippen molar-refractivity contribution in [2.24, 2.45) is 0 Å². The smallest absolute Gasteiger partial charge is 0.420 e. The van der Waals surface area contributed by atoms with Gasteiger partial charge in [-0.05, 0) is 84.6 Å². The number of halogens is 4. The third-order valence-electron chi connectivity index (χ3n) is 6.75. The van der Waals surface area contributed by atoms with Gasteiger partial charge in [0.15, 0.2) is 0 Å². The second-order valence-electron chi connectivity index (χ2n) is 9.44. The van der Waals surface area contributed by atoms with Gasteiger partial charge in [-0.25, -0.2) is 4.98 Å². The lowest BCUT2D eigenvalue weighted by molar-refractivity contribution is -0.0964. The number of fused-ring (bicyclic) bond motifs is 3. The minimum Gasteiger partial charge on any atom is -0.420 e. The molecule has 37 heavy (non-hydrogen) atoms. The van der Waals surface area contributed by atoms with E-state index in [2.05, 4.69) is 60.0 Å². The van der Waals surface area contributed by atoms with E-state index in [0.29, 0.717) is 11.3 Å². The first-order chi connectivity index (χ1) is 17.6. The van der Waals surface area contributed by atoms with Crippen molar-refractivity contribution in [3.63, 3.8) is 0 Å². The van der Waals surface area contributed by atoms with Crippen LogP contribution in [0.15, 0.2) is 59.5 Å². The normalized spacial score (nSPS) is 20.5.